The van der Waals surface area contributed by atoms with E-state index in [-0.39, 0.29) is 11.6 Å². The first-order valence-corrected chi connectivity index (χ1v) is 11.0. The molecule has 1 aromatic carbocycles. The van der Waals surface area contributed by atoms with E-state index in [1.807, 2.05) is 0 Å². The van der Waals surface area contributed by atoms with E-state index in [9.17, 15) is 22.8 Å². The van der Waals surface area contributed by atoms with E-state index >= 15 is 0 Å². The third kappa shape index (κ3) is 4.80. The number of nitrogens with one attached hydrogen (secondary N) is 2. The number of benzene rings is 1. The first-order chi connectivity index (χ1) is 13.2. The van der Waals surface area contributed by atoms with Crippen LogP contribution in [0.4, 0.5) is 10.5 Å². The predicted octanol–water partition coefficient (Wildman–Crippen LogP) is 0.934. The molecule has 152 valence electrons. The molecule has 1 fully saturated rings. The molecule has 9 nitrogen and oxygen atoms in total. The molecular formula is C18H23N3O6S. The number of anilines is 1. The van der Waals surface area contributed by atoms with Crippen molar-refractivity contribution in [1.82, 2.24) is 10.6 Å². The fraction of sp³-hybridized carbons (Fsp3) is 0.500. The summed E-state index contributed by atoms with van der Waals surface area (Å²) in [4.78, 5) is 35.7. The number of ether oxygens (including phenoxy) is 1. The Hall–Kier alpha value is -2.62. The SMILES string of the molecule is CS(=O)(=O)N1CCc2cc(C(=O)OCC(=O)NC(=O)NC3CCCC3)ccc21. The number of hydrogen-bond acceptors (Lipinski definition) is 6. The fourth-order valence-corrected chi connectivity index (χ4v) is 4.47. The van der Waals surface area contributed by atoms with Crippen LogP contribution in [0.15, 0.2) is 18.2 Å². The number of sulfonamides is 1. The number of amides is 3. The summed E-state index contributed by atoms with van der Waals surface area (Å²) in [5, 5.41) is 4.85. The van der Waals surface area contributed by atoms with Crippen molar-refractivity contribution in [3.8, 4) is 0 Å². The molecule has 1 heterocycles. The molecule has 28 heavy (non-hydrogen) atoms. The van der Waals surface area contributed by atoms with Crippen LogP contribution in [0.2, 0.25) is 0 Å². The Balaban J connectivity index is 1.51. The van der Waals surface area contributed by atoms with Gasteiger partial charge in [0, 0.05) is 12.6 Å². The van der Waals surface area contributed by atoms with Crippen molar-refractivity contribution in [3.63, 3.8) is 0 Å². The van der Waals surface area contributed by atoms with Crippen LogP contribution in [-0.4, -0.2) is 51.8 Å². The van der Waals surface area contributed by atoms with Gasteiger partial charge in [-0.05, 0) is 43.0 Å². The maximum atomic E-state index is 12.2. The summed E-state index contributed by atoms with van der Waals surface area (Å²) < 4.78 is 29.7. The molecule has 2 N–H and O–H groups in total. The summed E-state index contributed by atoms with van der Waals surface area (Å²) in [5.41, 5.74) is 1.48. The van der Waals surface area contributed by atoms with Crippen LogP contribution >= 0.6 is 0 Å². The number of carbonyl (C=O) groups excluding carboxylic acids is 3. The van der Waals surface area contributed by atoms with Gasteiger partial charge >= 0.3 is 12.0 Å². The van der Waals surface area contributed by atoms with Crippen molar-refractivity contribution in [1.29, 1.82) is 0 Å². The van der Waals surface area contributed by atoms with Gasteiger partial charge in [-0.2, -0.15) is 0 Å². The first kappa shape index (κ1) is 20.1. The minimum atomic E-state index is -3.36. The molecule has 0 saturated heterocycles. The Morgan fingerprint density at radius 3 is 2.61 bits per heavy atom. The molecule has 1 aromatic rings. The van der Waals surface area contributed by atoms with Crippen LogP contribution in [0.1, 0.15) is 41.6 Å². The minimum Gasteiger partial charge on any atom is -0.452 e. The topological polar surface area (TPSA) is 122 Å². The average Bonchev–Trinajstić information content (AvgIpc) is 3.27. The summed E-state index contributed by atoms with van der Waals surface area (Å²) in [6, 6.07) is 4.05. The maximum Gasteiger partial charge on any atom is 0.338 e. The standard InChI is InChI=1S/C18H23N3O6S/c1-28(25,26)21-9-8-12-10-13(6-7-15(12)21)17(23)27-11-16(22)20-18(24)19-14-4-2-3-5-14/h6-7,10,14H,2-5,8-9,11H2,1H3,(H2,19,20,22,24). The third-order valence-electron chi connectivity index (χ3n) is 4.85. The molecule has 0 bridgehead atoms. The van der Waals surface area contributed by atoms with Gasteiger partial charge in [0.2, 0.25) is 10.0 Å². The normalized spacial score (nSPS) is 16.5. The highest BCUT2D eigenvalue weighted by molar-refractivity contribution is 7.92. The smallest absolute Gasteiger partial charge is 0.338 e. The lowest BCUT2D eigenvalue weighted by Gasteiger charge is -2.16. The first-order valence-electron chi connectivity index (χ1n) is 9.12. The second kappa shape index (κ2) is 8.17. The zero-order valence-electron chi connectivity index (χ0n) is 15.6. The number of rotatable bonds is 5. The minimum absolute atomic E-state index is 0.0771. The molecule has 0 radical (unpaired) electrons. The molecule has 0 aromatic heterocycles. The number of carbonyl (C=O) groups is 3. The number of esters is 1. The van der Waals surface area contributed by atoms with Crippen molar-refractivity contribution in [2.75, 3.05) is 23.7 Å². The summed E-state index contributed by atoms with van der Waals surface area (Å²) in [7, 11) is -3.36. The molecule has 10 heteroatoms. The van der Waals surface area contributed by atoms with Crippen LogP contribution < -0.4 is 14.9 Å². The van der Waals surface area contributed by atoms with Gasteiger partial charge < -0.3 is 10.1 Å². The van der Waals surface area contributed by atoms with Crippen molar-refractivity contribution < 1.29 is 27.5 Å². The second-order valence-corrected chi connectivity index (χ2v) is 8.91. The van der Waals surface area contributed by atoms with E-state index in [0.29, 0.717) is 18.7 Å². The summed E-state index contributed by atoms with van der Waals surface area (Å²) in [6.07, 6.45) is 5.52. The summed E-state index contributed by atoms with van der Waals surface area (Å²) in [6.45, 7) is -0.255. The van der Waals surface area contributed by atoms with E-state index in [1.54, 1.807) is 12.1 Å². The monoisotopic (exact) mass is 409 g/mol. The molecule has 0 unspecified atom stereocenters. The molecule has 3 amide bonds. The Morgan fingerprint density at radius 1 is 1.21 bits per heavy atom. The van der Waals surface area contributed by atoms with Gasteiger partial charge in [-0.1, -0.05) is 12.8 Å². The third-order valence-corrected chi connectivity index (χ3v) is 6.03. The average molecular weight is 409 g/mol. The van der Waals surface area contributed by atoms with Crippen LogP contribution in [-0.2, 0) is 26.0 Å². The summed E-state index contributed by atoms with van der Waals surface area (Å²) >= 11 is 0. The molecule has 0 spiro atoms. The van der Waals surface area contributed by atoms with E-state index in [1.165, 1.54) is 10.4 Å². The number of imide groups is 1. The Morgan fingerprint density at radius 2 is 1.93 bits per heavy atom. The van der Waals surface area contributed by atoms with Gasteiger partial charge in [-0.15, -0.1) is 0 Å². The second-order valence-electron chi connectivity index (χ2n) is 7.01. The lowest BCUT2D eigenvalue weighted by molar-refractivity contribution is -0.123. The van der Waals surface area contributed by atoms with E-state index in [0.717, 1.165) is 37.5 Å². The number of nitrogens with zero attached hydrogens (tertiary/aromatic N) is 1. The largest absolute Gasteiger partial charge is 0.452 e. The molecule has 3 rings (SSSR count). The van der Waals surface area contributed by atoms with Gasteiger partial charge in [0.05, 0.1) is 17.5 Å². The molecule has 0 atom stereocenters. The molecule has 1 aliphatic carbocycles. The Kier molecular flexibility index (Phi) is 5.87. The highest BCUT2D eigenvalue weighted by Crippen LogP contribution is 2.30. The maximum absolute atomic E-state index is 12.2. The van der Waals surface area contributed by atoms with Gasteiger partial charge in [0.1, 0.15) is 0 Å². The van der Waals surface area contributed by atoms with E-state index in [2.05, 4.69) is 10.6 Å². The van der Waals surface area contributed by atoms with Gasteiger partial charge in [-0.3, -0.25) is 14.4 Å². The molecular weight excluding hydrogens is 386 g/mol. The fourth-order valence-electron chi connectivity index (χ4n) is 3.51. The number of urea groups is 1. The van der Waals surface area contributed by atoms with Crippen LogP contribution in [0.5, 0.6) is 0 Å². The van der Waals surface area contributed by atoms with Crippen molar-refractivity contribution in [2.45, 2.75) is 38.1 Å². The zero-order chi connectivity index (χ0) is 20.3. The van der Waals surface area contributed by atoms with Gasteiger partial charge in [0.15, 0.2) is 6.61 Å². The highest BCUT2D eigenvalue weighted by Gasteiger charge is 2.27. The Labute approximate surface area is 163 Å². The van der Waals surface area contributed by atoms with Crippen LogP contribution in [0.25, 0.3) is 0 Å². The lowest BCUT2D eigenvalue weighted by Crippen LogP contribution is -2.44. The van der Waals surface area contributed by atoms with Crippen molar-refractivity contribution in [3.05, 3.63) is 29.3 Å². The van der Waals surface area contributed by atoms with Crippen molar-refractivity contribution in [2.24, 2.45) is 0 Å². The van der Waals surface area contributed by atoms with E-state index in [4.69, 9.17) is 4.74 Å². The van der Waals surface area contributed by atoms with E-state index < -0.39 is 34.5 Å². The molecule has 2 aliphatic rings. The lowest BCUT2D eigenvalue weighted by atomic mass is 10.1. The molecule has 1 aliphatic heterocycles. The number of hydrogen-bond donors (Lipinski definition) is 2. The quantitative estimate of drug-likeness (QED) is 0.698. The van der Waals surface area contributed by atoms with Crippen molar-refractivity contribution >= 4 is 33.6 Å². The molecule has 1 saturated carbocycles. The van der Waals surface area contributed by atoms with Gasteiger partial charge in [0.25, 0.3) is 5.91 Å². The Bertz CT molecular complexity index is 893. The number of fused-ring (bicyclic) bond motifs is 1. The van der Waals surface area contributed by atoms with Gasteiger partial charge in [-0.25, -0.2) is 18.0 Å². The van der Waals surface area contributed by atoms with Crippen LogP contribution in [0.3, 0.4) is 0 Å². The summed E-state index contributed by atoms with van der Waals surface area (Å²) in [5.74, 6) is -1.43. The zero-order valence-corrected chi connectivity index (χ0v) is 16.4. The predicted molar refractivity (Wildman–Crippen MR) is 102 cm³/mol. The highest BCUT2D eigenvalue weighted by atomic mass is 32.2. The van der Waals surface area contributed by atoms with Crippen LogP contribution in [0, 0.1) is 0 Å².